The van der Waals surface area contributed by atoms with Crippen LogP contribution < -0.4 is 14.8 Å². The van der Waals surface area contributed by atoms with Gasteiger partial charge in [-0.15, -0.1) is 10.2 Å². The lowest BCUT2D eigenvalue weighted by Gasteiger charge is -2.21. The number of benzene rings is 1. The SMILES string of the molecule is COc1c(C)c2c(c(OC)c1C/C=C(\C)CCC(=O)Nc1nnc(C3CCC3)s1)C(=O)OC2. The standard InChI is InChI=1S/C24H29N3O5S/c1-13(9-11-18(28)25-24-27-26-22(33-24)15-6-5-7-15)8-10-16-20(30-3)14(2)17-12-32-23(29)19(17)21(16)31-4/h8,15H,5-7,9-12H2,1-4H3,(H,25,27,28)/b13-8+. The largest absolute Gasteiger partial charge is 0.496 e. The second-order valence-electron chi connectivity index (χ2n) is 8.48. The van der Waals surface area contributed by atoms with Crippen LogP contribution in [-0.4, -0.2) is 36.3 Å². The molecule has 0 unspecified atom stereocenters. The summed E-state index contributed by atoms with van der Waals surface area (Å²) in [6.45, 7) is 4.14. The predicted octanol–water partition coefficient (Wildman–Crippen LogP) is 4.71. The highest BCUT2D eigenvalue weighted by atomic mass is 32.1. The molecule has 0 spiro atoms. The van der Waals surface area contributed by atoms with Crippen LogP contribution in [0.25, 0.3) is 0 Å². The Morgan fingerprint density at radius 2 is 1.97 bits per heavy atom. The van der Waals surface area contributed by atoms with Crippen molar-refractivity contribution < 1.29 is 23.8 Å². The number of carbonyl (C=O) groups excluding carboxylic acids is 2. The van der Waals surface area contributed by atoms with Crippen LogP contribution in [0.1, 0.15) is 77.0 Å². The molecular formula is C24H29N3O5S. The van der Waals surface area contributed by atoms with E-state index in [2.05, 4.69) is 15.5 Å². The van der Waals surface area contributed by atoms with Crippen LogP contribution in [0.15, 0.2) is 11.6 Å². The fourth-order valence-electron chi connectivity index (χ4n) is 4.21. The normalized spacial score (nSPS) is 15.6. The fourth-order valence-corrected chi connectivity index (χ4v) is 5.14. The molecule has 33 heavy (non-hydrogen) atoms. The minimum Gasteiger partial charge on any atom is -0.496 e. The zero-order valence-electron chi connectivity index (χ0n) is 19.4. The number of rotatable bonds is 9. The second-order valence-corrected chi connectivity index (χ2v) is 9.48. The van der Waals surface area contributed by atoms with Crippen molar-refractivity contribution in [1.82, 2.24) is 10.2 Å². The molecule has 2 aliphatic rings. The summed E-state index contributed by atoms with van der Waals surface area (Å²) in [5.41, 5.74) is 4.04. The number of nitrogens with one attached hydrogen (secondary N) is 1. The molecule has 1 fully saturated rings. The summed E-state index contributed by atoms with van der Waals surface area (Å²) in [6, 6.07) is 0. The summed E-state index contributed by atoms with van der Waals surface area (Å²) < 4.78 is 16.5. The minimum atomic E-state index is -0.372. The summed E-state index contributed by atoms with van der Waals surface area (Å²) in [4.78, 5) is 24.6. The number of aromatic nitrogens is 2. The van der Waals surface area contributed by atoms with Gasteiger partial charge in [-0.2, -0.15) is 0 Å². The van der Waals surface area contributed by atoms with Crippen molar-refractivity contribution in [3.8, 4) is 11.5 Å². The summed E-state index contributed by atoms with van der Waals surface area (Å²) in [7, 11) is 3.16. The van der Waals surface area contributed by atoms with Gasteiger partial charge in [-0.1, -0.05) is 29.4 Å². The van der Waals surface area contributed by atoms with E-state index in [9.17, 15) is 9.59 Å². The van der Waals surface area contributed by atoms with E-state index in [1.165, 1.54) is 17.8 Å². The Labute approximate surface area is 197 Å². The van der Waals surface area contributed by atoms with Crippen LogP contribution in [-0.2, 0) is 22.6 Å². The lowest BCUT2D eigenvalue weighted by Crippen LogP contribution is -2.11. The Morgan fingerprint density at radius 1 is 1.21 bits per heavy atom. The first-order chi connectivity index (χ1) is 15.9. The van der Waals surface area contributed by atoms with Gasteiger partial charge in [-0.05, 0) is 45.1 Å². The van der Waals surface area contributed by atoms with Crippen molar-refractivity contribution in [2.75, 3.05) is 19.5 Å². The van der Waals surface area contributed by atoms with Crippen LogP contribution in [0, 0.1) is 6.92 Å². The second kappa shape index (κ2) is 9.91. The van der Waals surface area contributed by atoms with Gasteiger partial charge in [0.25, 0.3) is 0 Å². The van der Waals surface area contributed by atoms with Gasteiger partial charge in [0.2, 0.25) is 11.0 Å². The average Bonchev–Trinajstić information content (AvgIpc) is 3.36. The summed E-state index contributed by atoms with van der Waals surface area (Å²) >= 11 is 1.47. The topological polar surface area (TPSA) is 99.6 Å². The number of carbonyl (C=O) groups is 2. The van der Waals surface area contributed by atoms with Crippen molar-refractivity contribution in [3.05, 3.63) is 38.9 Å². The first-order valence-electron chi connectivity index (χ1n) is 11.1. The van der Waals surface area contributed by atoms with E-state index in [0.717, 1.165) is 40.1 Å². The number of amides is 1. The zero-order chi connectivity index (χ0) is 23.5. The van der Waals surface area contributed by atoms with Gasteiger partial charge in [0, 0.05) is 23.5 Å². The van der Waals surface area contributed by atoms with E-state index >= 15 is 0 Å². The van der Waals surface area contributed by atoms with Crippen LogP contribution in [0.2, 0.25) is 0 Å². The predicted molar refractivity (Wildman–Crippen MR) is 125 cm³/mol. The highest BCUT2D eigenvalue weighted by Crippen LogP contribution is 2.42. The Kier molecular flexibility index (Phi) is 6.97. The molecule has 1 N–H and O–H groups in total. The molecule has 4 rings (SSSR count). The van der Waals surface area contributed by atoms with Crippen molar-refractivity contribution in [2.45, 2.75) is 64.9 Å². The van der Waals surface area contributed by atoms with Crippen LogP contribution in [0.5, 0.6) is 11.5 Å². The molecule has 1 saturated carbocycles. The Bertz CT molecular complexity index is 1100. The Balaban J connectivity index is 1.40. The number of esters is 1. The molecule has 8 nitrogen and oxygen atoms in total. The number of anilines is 1. The van der Waals surface area contributed by atoms with Crippen molar-refractivity contribution in [1.29, 1.82) is 0 Å². The number of hydrogen-bond donors (Lipinski definition) is 1. The lowest BCUT2D eigenvalue weighted by molar-refractivity contribution is -0.116. The highest BCUT2D eigenvalue weighted by Gasteiger charge is 2.32. The fraction of sp³-hybridized carbons (Fsp3) is 0.500. The average molecular weight is 472 g/mol. The number of nitrogens with zero attached hydrogens (tertiary/aromatic N) is 2. The first kappa shape index (κ1) is 23.2. The van der Waals surface area contributed by atoms with Gasteiger partial charge >= 0.3 is 5.97 Å². The molecule has 1 aromatic heterocycles. The van der Waals surface area contributed by atoms with E-state index in [-0.39, 0.29) is 18.5 Å². The van der Waals surface area contributed by atoms with Crippen LogP contribution in [0.3, 0.4) is 0 Å². The number of ether oxygens (including phenoxy) is 3. The van der Waals surface area contributed by atoms with Gasteiger partial charge in [0.15, 0.2) is 0 Å². The molecule has 9 heteroatoms. The summed E-state index contributed by atoms with van der Waals surface area (Å²) in [6.07, 6.45) is 7.08. The zero-order valence-corrected chi connectivity index (χ0v) is 20.3. The van der Waals surface area contributed by atoms with Gasteiger partial charge < -0.3 is 19.5 Å². The molecule has 0 bridgehead atoms. The lowest BCUT2D eigenvalue weighted by atomic mass is 9.86. The minimum absolute atomic E-state index is 0.0784. The molecular weight excluding hydrogens is 442 g/mol. The Hall–Kier alpha value is -2.94. The third kappa shape index (κ3) is 4.73. The molecule has 0 atom stereocenters. The molecule has 2 heterocycles. The van der Waals surface area contributed by atoms with E-state index < -0.39 is 0 Å². The van der Waals surface area contributed by atoms with Crippen molar-refractivity contribution >= 4 is 28.3 Å². The summed E-state index contributed by atoms with van der Waals surface area (Å²) in [5.74, 6) is 1.25. The molecule has 0 saturated heterocycles. The highest BCUT2D eigenvalue weighted by molar-refractivity contribution is 7.15. The van der Waals surface area contributed by atoms with Crippen molar-refractivity contribution in [2.24, 2.45) is 0 Å². The number of hydrogen-bond acceptors (Lipinski definition) is 8. The number of cyclic esters (lactones) is 1. The molecule has 0 radical (unpaired) electrons. The maximum absolute atomic E-state index is 12.4. The number of fused-ring (bicyclic) bond motifs is 1. The molecule has 176 valence electrons. The third-order valence-electron chi connectivity index (χ3n) is 6.37. The first-order valence-corrected chi connectivity index (χ1v) is 12.0. The van der Waals surface area contributed by atoms with Gasteiger partial charge in [-0.3, -0.25) is 4.79 Å². The maximum atomic E-state index is 12.4. The molecule has 1 amide bonds. The van der Waals surface area contributed by atoms with Crippen molar-refractivity contribution in [3.63, 3.8) is 0 Å². The van der Waals surface area contributed by atoms with Gasteiger partial charge in [-0.25, -0.2) is 4.79 Å². The van der Waals surface area contributed by atoms with E-state index in [1.54, 1.807) is 14.2 Å². The maximum Gasteiger partial charge on any atom is 0.342 e. The van der Waals surface area contributed by atoms with Crippen LogP contribution in [0.4, 0.5) is 5.13 Å². The molecule has 1 aromatic carbocycles. The molecule has 1 aliphatic heterocycles. The monoisotopic (exact) mass is 471 g/mol. The molecule has 1 aliphatic carbocycles. The van der Waals surface area contributed by atoms with E-state index in [0.29, 0.717) is 47.4 Å². The van der Waals surface area contributed by atoms with Crippen LogP contribution >= 0.6 is 11.3 Å². The number of allylic oxidation sites excluding steroid dienone is 2. The smallest absolute Gasteiger partial charge is 0.342 e. The van der Waals surface area contributed by atoms with Gasteiger partial charge in [0.1, 0.15) is 28.7 Å². The van der Waals surface area contributed by atoms with E-state index in [4.69, 9.17) is 14.2 Å². The van der Waals surface area contributed by atoms with E-state index in [1.807, 2.05) is 19.9 Å². The number of methoxy groups -OCH3 is 2. The summed E-state index contributed by atoms with van der Waals surface area (Å²) in [5, 5.41) is 12.7. The van der Waals surface area contributed by atoms with Gasteiger partial charge in [0.05, 0.1) is 14.2 Å². The molecule has 2 aromatic rings. The Morgan fingerprint density at radius 3 is 2.64 bits per heavy atom. The quantitative estimate of drug-likeness (QED) is 0.418. The third-order valence-corrected chi connectivity index (χ3v) is 7.37.